The van der Waals surface area contributed by atoms with E-state index in [1.807, 2.05) is 0 Å². The molecule has 156 valence electrons. The van der Waals surface area contributed by atoms with E-state index in [1.54, 1.807) is 0 Å². The van der Waals surface area contributed by atoms with Crippen molar-refractivity contribution < 1.29 is 4.42 Å². The third-order valence-corrected chi connectivity index (χ3v) is 7.68. The van der Waals surface area contributed by atoms with Crippen LogP contribution in [0.2, 0.25) is 0 Å². The molecule has 33 heavy (non-hydrogen) atoms. The normalized spacial score (nSPS) is 13.8. The highest BCUT2D eigenvalue weighted by Gasteiger charge is 2.46. The molecule has 0 saturated carbocycles. The lowest BCUT2D eigenvalue weighted by Crippen LogP contribution is -2.28. The summed E-state index contributed by atoms with van der Waals surface area (Å²) in [6.45, 7) is 0. The van der Waals surface area contributed by atoms with Gasteiger partial charge in [-0.15, -0.1) is 0 Å². The first-order chi connectivity index (χ1) is 16.3. The molecule has 0 atom stereocenters. The molecule has 1 aromatic heterocycles. The number of hydrogen-bond donors (Lipinski definition) is 0. The van der Waals surface area contributed by atoms with Gasteiger partial charge in [0.25, 0.3) is 0 Å². The Hall–Kier alpha value is -3.37. The largest absolute Gasteiger partial charge is 0.456 e. The maximum atomic E-state index is 6.39. The van der Waals surface area contributed by atoms with E-state index in [9.17, 15) is 0 Å². The number of hydrogen-bond acceptors (Lipinski definition) is 1. The molecule has 0 spiro atoms. The molecule has 0 N–H and O–H groups in total. The first kappa shape index (κ1) is 19.1. The van der Waals surface area contributed by atoms with Crippen molar-refractivity contribution in [2.45, 2.75) is 5.41 Å². The Labute approximate surface area is 205 Å². The molecule has 0 radical (unpaired) electrons. The van der Waals surface area contributed by atoms with E-state index in [0.717, 1.165) is 11.2 Å². The average Bonchev–Trinajstić information content (AvgIpc) is 3.36. The van der Waals surface area contributed by atoms with Gasteiger partial charge < -0.3 is 4.42 Å². The van der Waals surface area contributed by atoms with Gasteiger partial charge in [0.15, 0.2) is 0 Å². The number of benzene rings is 5. The summed E-state index contributed by atoms with van der Waals surface area (Å²) in [5.74, 6) is 0. The quantitative estimate of drug-likeness (QED) is 0.203. The van der Waals surface area contributed by atoms with E-state index in [4.69, 9.17) is 4.42 Å². The van der Waals surface area contributed by atoms with Crippen LogP contribution < -0.4 is 0 Å². The van der Waals surface area contributed by atoms with E-state index in [-0.39, 0.29) is 0 Å². The van der Waals surface area contributed by atoms with Crippen molar-refractivity contribution >= 4 is 44.5 Å². The molecule has 0 fully saturated rings. The van der Waals surface area contributed by atoms with E-state index in [0.29, 0.717) is 0 Å². The number of furan rings is 1. The molecule has 5 aromatic carbocycles. The summed E-state index contributed by atoms with van der Waals surface area (Å²) in [6, 6.07) is 41.7. The van der Waals surface area contributed by atoms with Crippen LogP contribution in [0, 0.1) is 3.57 Å². The van der Waals surface area contributed by atoms with Gasteiger partial charge in [-0.05, 0) is 86.3 Å². The fourth-order valence-electron chi connectivity index (χ4n) is 5.68. The van der Waals surface area contributed by atoms with Crippen molar-refractivity contribution in [1.29, 1.82) is 0 Å². The van der Waals surface area contributed by atoms with Crippen LogP contribution in [0.4, 0.5) is 0 Å². The van der Waals surface area contributed by atoms with Gasteiger partial charge >= 0.3 is 0 Å². The molecule has 2 heteroatoms. The maximum Gasteiger partial charge on any atom is 0.135 e. The minimum Gasteiger partial charge on any atom is -0.456 e. The van der Waals surface area contributed by atoms with Gasteiger partial charge in [0, 0.05) is 14.3 Å². The Bertz CT molecular complexity index is 1620. The Morgan fingerprint density at radius 1 is 0.515 bits per heavy atom. The minimum atomic E-state index is -0.393. The third-order valence-electron chi connectivity index (χ3n) is 7.01. The topological polar surface area (TPSA) is 13.1 Å². The second-order valence-corrected chi connectivity index (χ2v) is 9.91. The monoisotopic (exact) mass is 534 g/mol. The SMILES string of the molecule is Ic1ccc2oc3cc4c(cc3c2c1)-c1ccccc1C4(c1ccccc1)c1ccccc1. The van der Waals surface area contributed by atoms with Crippen LogP contribution in [0.5, 0.6) is 0 Å². The summed E-state index contributed by atoms with van der Waals surface area (Å²) in [5, 5.41) is 2.35. The van der Waals surface area contributed by atoms with Gasteiger partial charge in [0.05, 0.1) is 5.41 Å². The van der Waals surface area contributed by atoms with Crippen LogP contribution in [0.25, 0.3) is 33.1 Å². The Morgan fingerprint density at radius 2 is 1.15 bits per heavy atom. The lowest BCUT2D eigenvalue weighted by molar-refractivity contribution is 0.666. The number of halogens is 1. The molecular formula is C31H19IO. The fraction of sp³-hybridized carbons (Fsp3) is 0.0323. The van der Waals surface area contributed by atoms with Crippen molar-refractivity contribution in [3.63, 3.8) is 0 Å². The van der Waals surface area contributed by atoms with Crippen LogP contribution in [0.15, 0.2) is 120 Å². The zero-order valence-electron chi connectivity index (χ0n) is 17.8. The highest BCUT2D eigenvalue weighted by atomic mass is 127. The van der Waals surface area contributed by atoms with Crippen molar-refractivity contribution in [2.75, 3.05) is 0 Å². The zero-order chi connectivity index (χ0) is 22.0. The Kier molecular flexibility index (Phi) is 4.09. The lowest BCUT2D eigenvalue weighted by atomic mass is 9.67. The summed E-state index contributed by atoms with van der Waals surface area (Å²) >= 11 is 2.37. The van der Waals surface area contributed by atoms with Gasteiger partial charge in [0.1, 0.15) is 11.2 Å². The molecule has 7 rings (SSSR count). The van der Waals surface area contributed by atoms with Crippen LogP contribution in [-0.4, -0.2) is 0 Å². The van der Waals surface area contributed by atoms with Crippen LogP contribution in [0.1, 0.15) is 22.3 Å². The van der Waals surface area contributed by atoms with E-state index >= 15 is 0 Å². The summed E-state index contributed by atoms with van der Waals surface area (Å²) in [4.78, 5) is 0. The predicted octanol–water partition coefficient (Wildman–Crippen LogP) is 8.55. The van der Waals surface area contributed by atoms with Crippen molar-refractivity contribution in [3.8, 4) is 11.1 Å². The Balaban J connectivity index is 1.68. The third kappa shape index (κ3) is 2.58. The van der Waals surface area contributed by atoms with E-state index in [1.165, 1.54) is 47.7 Å². The van der Waals surface area contributed by atoms with Gasteiger partial charge in [-0.2, -0.15) is 0 Å². The van der Waals surface area contributed by atoms with Gasteiger partial charge in [0.2, 0.25) is 0 Å². The second kappa shape index (κ2) is 7.06. The summed E-state index contributed by atoms with van der Waals surface area (Å²) in [6.07, 6.45) is 0. The standard InChI is InChI=1S/C31H19IO/c32-22-15-16-29-25(17-22)26-18-24-23-13-7-8-14-27(23)31(20-9-3-1-4-10-20,21-11-5-2-6-12-21)28(24)19-30(26)33-29/h1-19H. The van der Waals surface area contributed by atoms with Gasteiger partial charge in [-0.1, -0.05) is 84.9 Å². The molecule has 6 aromatic rings. The van der Waals surface area contributed by atoms with Gasteiger partial charge in [-0.3, -0.25) is 0 Å². The fourth-order valence-corrected chi connectivity index (χ4v) is 6.17. The van der Waals surface area contributed by atoms with Crippen molar-refractivity contribution in [3.05, 3.63) is 141 Å². The summed E-state index contributed by atoms with van der Waals surface area (Å²) < 4.78 is 7.61. The molecule has 1 nitrogen and oxygen atoms in total. The average molecular weight is 534 g/mol. The van der Waals surface area contributed by atoms with Gasteiger partial charge in [-0.25, -0.2) is 0 Å². The molecule has 0 amide bonds. The first-order valence-electron chi connectivity index (χ1n) is 11.1. The molecule has 0 bridgehead atoms. The number of fused-ring (bicyclic) bond motifs is 6. The molecule has 1 aliphatic carbocycles. The van der Waals surface area contributed by atoms with Crippen LogP contribution in [0.3, 0.4) is 0 Å². The predicted molar refractivity (Wildman–Crippen MR) is 144 cm³/mol. The first-order valence-corrected chi connectivity index (χ1v) is 12.2. The van der Waals surface area contributed by atoms with E-state index in [2.05, 4.69) is 138 Å². The highest BCUT2D eigenvalue weighted by Crippen LogP contribution is 2.57. The second-order valence-electron chi connectivity index (χ2n) is 8.66. The Morgan fingerprint density at radius 3 is 1.88 bits per heavy atom. The minimum absolute atomic E-state index is 0.393. The number of rotatable bonds is 2. The summed E-state index contributed by atoms with van der Waals surface area (Å²) in [5.41, 5.74) is 9.21. The smallest absolute Gasteiger partial charge is 0.135 e. The van der Waals surface area contributed by atoms with Crippen molar-refractivity contribution in [1.82, 2.24) is 0 Å². The lowest BCUT2D eigenvalue weighted by Gasteiger charge is -2.33. The molecule has 0 saturated heterocycles. The molecule has 0 unspecified atom stereocenters. The molecule has 0 aliphatic heterocycles. The molecule has 1 heterocycles. The molecular weight excluding hydrogens is 515 g/mol. The zero-order valence-corrected chi connectivity index (χ0v) is 19.9. The van der Waals surface area contributed by atoms with E-state index < -0.39 is 5.41 Å². The van der Waals surface area contributed by atoms with Crippen LogP contribution in [-0.2, 0) is 5.41 Å². The van der Waals surface area contributed by atoms with Crippen molar-refractivity contribution in [2.24, 2.45) is 0 Å². The maximum absolute atomic E-state index is 6.39. The summed E-state index contributed by atoms with van der Waals surface area (Å²) in [7, 11) is 0. The van der Waals surface area contributed by atoms with Crippen LogP contribution >= 0.6 is 22.6 Å². The highest BCUT2D eigenvalue weighted by molar-refractivity contribution is 14.1. The molecule has 1 aliphatic rings.